The predicted octanol–water partition coefficient (Wildman–Crippen LogP) is 3.89. The van der Waals surface area contributed by atoms with Crippen LogP contribution in [0.1, 0.15) is 57.3 Å². The molecule has 0 aliphatic carbocycles. The Morgan fingerprint density at radius 2 is 1.96 bits per heavy atom. The van der Waals surface area contributed by atoms with Crippen LogP contribution in [0.15, 0.2) is 22.7 Å². The van der Waals surface area contributed by atoms with Crippen molar-refractivity contribution in [1.82, 2.24) is 10.1 Å². The Bertz CT molecular complexity index is 783. The molecular formula is C20H28N4O3. The van der Waals surface area contributed by atoms with E-state index in [0.717, 1.165) is 18.4 Å². The first-order chi connectivity index (χ1) is 12.9. The normalized spacial score (nSPS) is 10.9. The van der Waals surface area contributed by atoms with Crippen LogP contribution in [0.5, 0.6) is 0 Å². The van der Waals surface area contributed by atoms with Gasteiger partial charge in [-0.25, -0.2) is 0 Å². The summed E-state index contributed by atoms with van der Waals surface area (Å²) in [5.74, 6) is 1.04. The van der Waals surface area contributed by atoms with Crippen LogP contribution in [0.4, 0.5) is 11.4 Å². The fraction of sp³-hybridized carbons (Fsp3) is 0.500. The molecule has 0 saturated carbocycles. The number of hydrogen-bond acceptors (Lipinski definition) is 5. The van der Waals surface area contributed by atoms with Crippen molar-refractivity contribution in [1.29, 1.82) is 0 Å². The summed E-state index contributed by atoms with van der Waals surface area (Å²) < 4.78 is 5.18. The van der Waals surface area contributed by atoms with Gasteiger partial charge in [0.15, 0.2) is 5.82 Å². The lowest BCUT2D eigenvalue weighted by molar-refractivity contribution is -0.119. The van der Waals surface area contributed by atoms with Crippen LogP contribution in [-0.2, 0) is 22.4 Å². The van der Waals surface area contributed by atoms with Crippen molar-refractivity contribution in [2.75, 3.05) is 10.6 Å². The zero-order valence-electron chi connectivity index (χ0n) is 16.5. The summed E-state index contributed by atoms with van der Waals surface area (Å²) in [6.07, 6.45) is 3.33. The highest BCUT2D eigenvalue weighted by Crippen LogP contribution is 2.21. The molecule has 1 aromatic carbocycles. The third-order valence-corrected chi connectivity index (χ3v) is 4.08. The van der Waals surface area contributed by atoms with Crippen LogP contribution in [-0.4, -0.2) is 22.0 Å². The number of amides is 2. The van der Waals surface area contributed by atoms with Crippen LogP contribution in [0, 0.1) is 12.8 Å². The number of nitrogens with zero attached hydrogens (tertiary/aromatic N) is 2. The summed E-state index contributed by atoms with van der Waals surface area (Å²) in [6.45, 7) is 7.64. The quantitative estimate of drug-likeness (QED) is 0.696. The molecular weight excluding hydrogens is 344 g/mol. The first-order valence-electron chi connectivity index (χ1n) is 9.41. The zero-order chi connectivity index (χ0) is 19.8. The third-order valence-electron chi connectivity index (χ3n) is 4.08. The van der Waals surface area contributed by atoms with Crippen LogP contribution in [0.2, 0.25) is 0 Å². The molecule has 0 atom stereocenters. The Morgan fingerprint density at radius 1 is 1.19 bits per heavy atom. The van der Waals surface area contributed by atoms with Crippen molar-refractivity contribution in [3.05, 3.63) is 35.5 Å². The van der Waals surface area contributed by atoms with Crippen LogP contribution in [0.25, 0.3) is 0 Å². The third kappa shape index (κ3) is 6.51. The van der Waals surface area contributed by atoms with Gasteiger partial charge in [0.1, 0.15) is 0 Å². The van der Waals surface area contributed by atoms with Gasteiger partial charge in [0.25, 0.3) is 0 Å². The van der Waals surface area contributed by atoms with Gasteiger partial charge in [-0.15, -0.1) is 0 Å². The van der Waals surface area contributed by atoms with Crippen molar-refractivity contribution in [3.63, 3.8) is 0 Å². The summed E-state index contributed by atoms with van der Waals surface area (Å²) in [6, 6.07) is 5.48. The lowest BCUT2D eigenvalue weighted by atomic mass is 10.1. The van der Waals surface area contributed by atoms with Crippen LogP contribution >= 0.6 is 0 Å². The van der Waals surface area contributed by atoms with E-state index in [1.165, 1.54) is 0 Å². The number of benzene rings is 1. The number of aromatic nitrogens is 2. The molecule has 146 valence electrons. The van der Waals surface area contributed by atoms with E-state index in [4.69, 9.17) is 4.52 Å². The Labute approximate surface area is 159 Å². The molecule has 2 N–H and O–H groups in total. The average molecular weight is 372 g/mol. The summed E-state index contributed by atoms with van der Waals surface area (Å²) in [5.41, 5.74) is 2.31. The first kappa shape index (κ1) is 20.6. The maximum absolute atomic E-state index is 12.2. The van der Waals surface area contributed by atoms with Crippen molar-refractivity contribution >= 4 is 23.2 Å². The lowest BCUT2D eigenvalue weighted by Gasteiger charge is -2.12. The summed E-state index contributed by atoms with van der Waals surface area (Å²) in [4.78, 5) is 28.4. The second kappa shape index (κ2) is 9.85. The molecule has 0 aliphatic heterocycles. The highest BCUT2D eigenvalue weighted by molar-refractivity contribution is 5.95. The van der Waals surface area contributed by atoms with Crippen molar-refractivity contribution < 1.29 is 14.1 Å². The van der Waals surface area contributed by atoms with Gasteiger partial charge in [-0.2, -0.15) is 4.98 Å². The molecule has 7 nitrogen and oxygen atoms in total. The van der Waals surface area contributed by atoms with Gasteiger partial charge >= 0.3 is 0 Å². The fourth-order valence-corrected chi connectivity index (χ4v) is 2.45. The van der Waals surface area contributed by atoms with Gasteiger partial charge in [0, 0.05) is 36.6 Å². The second-order valence-corrected chi connectivity index (χ2v) is 6.93. The summed E-state index contributed by atoms with van der Waals surface area (Å²) in [5, 5.41) is 9.66. The molecule has 0 spiro atoms. The van der Waals surface area contributed by atoms with Gasteiger partial charge in [-0.05, 0) is 37.5 Å². The van der Waals surface area contributed by atoms with Crippen molar-refractivity contribution in [2.24, 2.45) is 5.92 Å². The number of nitrogens with one attached hydrogen (secondary N) is 2. The van der Waals surface area contributed by atoms with Gasteiger partial charge < -0.3 is 15.2 Å². The van der Waals surface area contributed by atoms with Crippen LogP contribution < -0.4 is 10.6 Å². The molecule has 1 heterocycles. The molecule has 0 aliphatic rings. The summed E-state index contributed by atoms with van der Waals surface area (Å²) >= 11 is 0. The number of aryl methyl sites for hydroxylation is 3. The number of anilines is 2. The van der Waals surface area contributed by atoms with Crippen molar-refractivity contribution in [2.45, 2.75) is 59.8 Å². The predicted molar refractivity (Wildman–Crippen MR) is 105 cm³/mol. The standard InChI is InChI=1S/C20H28N4O3/c1-5-7-17-23-19(27-24-17)9-6-8-18(25)22-16-12-15(11-10-14(16)4)21-20(26)13(2)3/h10-13H,5-9H2,1-4H3,(H,21,26)(H,22,25). The molecule has 0 radical (unpaired) electrons. The highest BCUT2D eigenvalue weighted by Gasteiger charge is 2.11. The van der Waals surface area contributed by atoms with Gasteiger partial charge in [0.2, 0.25) is 17.7 Å². The van der Waals surface area contributed by atoms with E-state index in [2.05, 4.69) is 27.7 Å². The Morgan fingerprint density at radius 3 is 2.67 bits per heavy atom. The minimum absolute atomic E-state index is 0.0573. The molecule has 0 bridgehead atoms. The molecule has 0 fully saturated rings. The second-order valence-electron chi connectivity index (χ2n) is 6.93. The van der Waals surface area contributed by atoms with Gasteiger partial charge in [-0.3, -0.25) is 9.59 Å². The molecule has 27 heavy (non-hydrogen) atoms. The maximum Gasteiger partial charge on any atom is 0.226 e. The Kier molecular flexibility index (Phi) is 7.52. The van der Waals surface area contributed by atoms with E-state index in [1.807, 2.05) is 32.9 Å². The smallest absolute Gasteiger partial charge is 0.226 e. The molecule has 0 unspecified atom stereocenters. The SMILES string of the molecule is CCCc1noc(CCCC(=O)Nc2cc(NC(=O)C(C)C)ccc2C)n1. The minimum Gasteiger partial charge on any atom is -0.339 e. The molecule has 2 rings (SSSR count). The monoisotopic (exact) mass is 372 g/mol. The van der Waals surface area contributed by atoms with Gasteiger partial charge in [-0.1, -0.05) is 32.0 Å². The molecule has 7 heteroatoms. The van der Waals surface area contributed by atoms with Crippen LogP contribution in [0.3, 0.4) is 0 Å². The lowest BCUT2D eigenvalue weighted by Crippen LogP contribution is -2.18. The average Bonchev–Trinajstić information content (AvgIpc) is 3.05. The number of carbonyl (C=O) groups excluding carboxylic acids is 2. The number of rotatable bonds is 9. The molecule has 2 aromatic rings. The van der Waals surface area contributed by atoms with E-state index in [0.29, 0.717) is 42.4 Å². The molecule has 1 aromatic heterocycles. The Hall–Kier alpha value is -2.70. The van der Waals surface area contributed by atoms with E-state index in [-0.39, 0.29) is 17.7 Å². The van der Waals surface area contributed by atoms with E-state index < -0.39 is 0 Å². The number of carbonyl (C=O) groups is 2. The van der Waals surface area contributed by atoms with Gasteiger partial charge in [0.05, 0.1) is 0 Å². The minimum atomic E-state index is -0.105. The zero-order valence-corrected chi connectivity index (χ0v) is 16.5. The van der Waals surface area contributed by atoms with E-state index in [9.17, 15) is 9.59 Å². The Balaban J connectivity index is 1.86. The van der Waals surface area contributed by atoms with E-state index >= 15 is 0 Å². The highest BCUT2D eigenvalue weighted by atomic mass is 16.5. The molecule has 2 amide bonds. The first-order valence-corrected chi connectivity index (χ1v) is 9.41. The largest absolute Gasteiger partial charge is 0.339 e. The summed E-state index contributed by atoms with van der Waals surface area (Å²) in [7, 11) is 0. The maximum atomic E-state index is 12.2. The topological polar surface area (TPSA) is 97.1 Å². The fourth-order valence-electron chi connectivity index (χ4n) is 2.45. The number of hydrogen-bond donors (Lipinski definition) is 2. The van der Waals surface area contributed by atoms with E-state index in [1.54, 1.807) is 6.07 Å². The molecule has 0 saturated heterocycles. The van der Waals surface area contributed by atoms with Crippen molar-refractivity contribution in [3.8, 4) is 0 Å².